The molecule has 0 saturated carbocycles. The van der Waals surface area contributed by atoms with E-state index in [-0.39, 0.29) is 33.8 Å². The molecule has 2 aliphatic rings. The Kier molecular flexibility index (Phi) is 12.0. The Labute approximate surface area is 453 Å². The molecule has 0 radical (unpaired) electrons. The molecule has 9 aromatic rings. The molecule has 0 aliphatic carbocycles. The van der Waals surface area contributed by atoms with Gasteiger partial charge in [0.05, 0.1) is 11.4 Å². The van der Waals surface area contributed by atoms with Crippen molar-refractivity contribution in [3.8, 4) is 11.1 Å². The molecule has 8 aromatic carbocycles. The van der Waals surface area contributed by atoms with Crippen LogP contribution in [-0.2, 0) is 27.1 Å². The summed E-state index contributed by atoms with van der Waals surface area (Å²) in [6, 6.07) is 67.7. The number of hydrogen-bond acceptors (Lipinski definition) is 4. The van der Waals surface area contributed by atoms with Crippen LogP contribution >= 0.6 is 11.3 Å². The van der Waals surface area contributed by atoms with E-state index >= 15 is 0 Å². The highest BCUT2D eigenvalue weighted by Crippen LogP contribution is 2.51. The van der Waals surface area contributed by atoms with Gasteiger partial charge in [-0.05, 0) is 150 Å². The molecule has 1 aromatic heterocycles. The lowest BCUT2D eigenvalue weighted by Crippen LogP contribution is -2.60. The van der Waals surface area contributed by atoms with Crippen molar-refractivity contribution in [2.24, 2.45) is 0 Å². The summed E-state index contributed by atoms with van der Waals surface area (Å²) in [7, 11) is 0. The molecule has 0 unspecified atom stereocenters. The molecule has 378 valence electrons. The van der Waals surface area contributed by atoms with Crippen LogP contribution < -0.4 is 30.4 Å². The van der Waals surface area contributed by atoms with E-state index in [2.05, 4.69) is 294 Å². The van der Waals surface area contributed by atoms with Crippen LogP contribution in [0, 0.1) is 0 Å². The van der Waals surface area contributed by atoms with Gasteiger partial charge in [-0.3, -0.25) is 0 Å². The van der Waals surface area contributed by atoms with E-state index in [9.17, 15) is 0 Å². The van der Waals surface area contributed by atoms with E-state index in [1.165, 1.54) is 93.2 Å². The van der Waals surface area contributed by atoms with Crippen molar-refractivity contribution in [3.05, 3.63) is 204 Å². The number of rotatable bonds is 6. The van der Waals surface area contributed by atoms with Crippen LogP contribution in [-0.4, -0.2) is 6.71 Å². The zero-order valence-corrected chi connectivity index (χ0v) is 47.9. The summed E-state index contributed by atoms with van der Waals surface area (Å²) in [5.41, 5.74) is 22.2. The van der Waals surface area contributed by atoms with E-state index in [0.29, 0.717) is 0 Å². The first kappa shape index (κ1) is 50.3. The summed E-state index contributed by atoms with van der Waals surface area (Å²) in [6.45, 7) is 34.8. The minimum atomic E-state index is -0.153. The standard InChI is InChI=1S/C70H74BN3S/c1-66(2,3)46-25-32-51(33-26-46)72(58-24-20-19-23-55(58)45-21-17-16-18-22-45)54-38-39-57-59(44-54)73(52-34-27-47(28-35-52)67(4,5)6)60-42-50(70(13,14)15)43-61-63(60)71(57)65-64(56-41-49(69(10,11)12)31-40-62(56)75-65)74(61)53-36-29-48(30-37-53)68(7,8)9/h16-44H,1-15H3. The number of fused-ring (bicyclic) bond motifs is 6. The van der Waals surface area contributed by atoms with Crippen LogP contribution in [0.25, 0.3) is 21.2 Å². The monoisotopic (exact) mass is 1000 g/mol. The first-order valence-corrected chi connectivity index (χ1v) is 27.9. The van der Waals surface area contributed by atoms with Gasteiger partial charge >= 0.3 is 0 Å². The molecule has 0 spiro atoms. The highest BCUT2D eigenvalue weighted by Gasteiger charge is 2.46. The van der Waals surface area contributed by atoms with Gasteiger partial charge in [-0.25, -0.2) is 0 Å². The summed E-state index contributed by atoms with van der Waals surface area (Å²) < 4.78 is 2.70. The van der Waals surface area contributed by atoms with Crippen LogP contribution in [0.5, 0.6) is 0 Å². The number of hydrogen-bond donors (Lipinski definition) is 0. The topological polar surface area (TPSA) is 9.72 Å². The van der Waals surface area contributed by atoms with Gasteiger partial charge in [0, 0.05) is 60.2 Å². The predicted octanol–water partition coefficient (Wildman–Crippen LogP) is 18.6. The lowest BCUT2D eigenvalue weighted by atomic mass is 9.36. The van der Waals surface area contributed by atoms with Crippen LogP contribution in [0.1, 0.15) is 132 Å². The van der Waals surface area contributed by atoms with Gasteiger partial charge in [-0.2, -0.15) is 0 Å². The second-order valence-corrected chi connectivity index (χ2v) is 27.5. The van der Waals surface area contributed by atoms with Gasteiger partial charge < -0.3 is 14.7 Å². The number of benzene rings is 8. The fourth-order valence-electron chi connectivity index (χ4n) is 11.3. The SMILES string of the molecule is CC(C)(C)c1ccc(N(c2ccc3c(c2)N(c2ccc(C(C)(C)C)cc2)c2cc(C(C)(C)C)cc4c2B3c2sc3ccc(C(C)(C)C)cc3c2N4c2ccc(C(C)(C)C)cc2)c2ccccc2-c2ccccc2)cc1. The summed E-state index contributed by atoms with van der Waals surface area (Å²) in [4.78, 5) is 7.74. The number of anilines is 9. The third-order valence-electron chi connectivity index (χ3n) is 15.8. The molecule has 0 amide bonds. The molecular weight excluding hydrogens is 926 g/mol. The van der Waals surface area contributed by atoms with Gasteiger partial charge in [0.25, 0.3) is 6.71 Å². The molecule has 2 aliphatic heterocycles. The van der Waals surface area contributed by atoms with Crippen molar-refractivity contribution in [1.82, 2.24) is 0 Å². The Morgan fingerprint density at radius 2 is 0.880 bits per heavy atom. The average molecular weight is 1000 g/mol. The minimum Gasteiger partial charge on any atom is -0.311 e. The zero-order valence-electron chi connectivity index (χ0n) is 47.1. The Morgan fingerprint density at radius 3 is 1.44 bits per heavy atom. The molecule has 0 fully saturated rings. The van der Waals surface area contributed by atoms with Crippen LogP contribution in [0.2, 0.25) is 0 Å². The maximum Gasteiger partial charge on any atom is 0.264 e. The maximum atomic E-state index is 2.64. The largest absolute Gasteiger partial charge is 0.311 e. The van der Waals surface area contributed by atoms with Crippen molar-refractivity contribution in [2.75, 3.05) is 14.7 Å². The van der Waals surface area contributed by atoms with Gasteiger partial charge in [-0.1, -0.05) is 201 Å². The average Bonchev–Trinajstić information content (AvgIpc) is 3.75. The molecule has 75 heavy (non-hydrogen) atoms. The van der Waals surface area contributed by atoms with E-state index in [0.717, 1.165) is 22.7 Å². The van der Waals surface area contributed by atoms with Crippen molar-refractivity contribution >= 4 is 95.0 Å². The van der Waals surface area contributed by atoms with Gasteiger partial charge in [0.2, 0.25) is 0 Å². The van der Waals surface area contributed by atoms with Crippen molar-refractivity contribution in [3.63, 3.8) is 0 Å². The molecule has 0 N–H and O–H groups in total. The first-order chi connectivity index (χ1) is 35.4. The van der Waals surface area contributed by atoms with Crippen molar-refractivity contribution < 1.29 is 0 Å². The van der Waals surface area contributed by atoms with E-state index in [1.54, 1.807) is 0 Å². The molecule has 5 heteroatoms. The van der Waals surface area contributed by atoms with Crippen LogP contribution in [0.3, 0.4) is 0 Å². The second kappa shape index (κ2) is 17.9. The Balaban J connectivity index is 1.24. The smallest absolute Gasteiger partial charge is 0.264 e. The lowest BCUT2D eigenvalue weighted by Gasteiger charge is -2.44. The molecule has 0 bridgehead atoms. The molecule has 3 nitrogen and oxygen atoms in total. The quantitative estimate of drug-likeness (QED) is 0.154. The van der Waals surface area contributed by atoms with E-state index < -0.39 is 0 Å². The molecule has 3 heterocycles. The highest BCUT2D eigenvalue weighted by molar-refractivity contribution is 7.33. The summed E-state index contributed by atoms with van der Waals surface area (Å²) in [5, 5.41) is 1.32. The Morgan fingerprint density at radius 1 is 0.400 bits per heavy atom. The fourth-order valence-corrected chi connectivity index (χ4v) is 12.6. The van der Waals surface area contributed by atoms with Gasteiger partial charge in [0.15, 0.2) is 0 Å². The summed E-state index contributed by atoms with van der Waals surface area (Å²) >= 11 is 1.98. The number of nitrogens with zero attached hydrogens (tertiary/aromatic N) is 3. The number of para-hydroxylation sites is 1. The lowest BCUT2D eigenvalue weighted by molar-refractivity contribution is 0.590. The third kappa shape index (κ3) is 8.99. The molecule has 11 rings (SSSR count). The molecule has 0 saturated heterocycles. The minimum absolute atomic E-state index is 0.00454. The maximum absolute atomic E-state index is 2.64. The predicted molar refractivity (Wildman–Crippen MR) is 329 cm³/mol. The van der Waals surface area contributed by atoms with Crippen molar-refractivity contribution in [2.45, 2.75) is 131 Å². The van der Waals surface area contributed by atoms with Gasteiger partial charge in [-0.15, -0.1) is 11.3 Å². The normalized spacial score (nSPS) is 13.7. The van der Waals surface area contributed by atoms with E-state index in [1.807, 2.05) is 11.3 Å². The van der Waals surface area contributed by atoms with Gasteiger partial charge in [0.1, 0.15) is 0 Å². The Hall–Kier alpha value is -6.82. The molecular formula is C70H74BN3S. The van der Waals surface area contributed by atoms with Crippen LogP contribution in [0.15, 0.2) is 176 Å². The number of thiophene rings is 1. The summed E-state index contributed by atoms with van der Waals surface area (Å²) in [6.07, 6.45) is 0. The fraction of sp³-hybridized carbons (Fsp3) is 0.286. The molecule has 0 atom stereocenters. The Bertz CT molecular complexity index is 3610. The van der Waals surface area contributed by atoms with Crippen molar-refractivity contribution in [1.29, 1.82) is 0 Å². The van der Waals surface area contributed by atoms with E-state index in [4.69, 9.17) is 0 Å². The van der Waals surface area contributed by atoms with Crippen LogP contribution in [0.4, 0.5) is 51.2 Å². The summed E-state index contributed by atoms with van der Waals surface area (Å²) in [5.74, 6) is 0. The highest BCUT2D eigenvalue weighted by atomic mass is 32.1. The zero-order chi connectivity index (χ0) is 53.1. The first-order valence-electron chi connectivity index (χ1n) is 27.1. The third-order valence-corrected chi connectivity index (χ3v) is 17.1. The second-order valence-electron chi connectivity index (χ2n) is 26.4.